The molecule has 2 fully saturated rings. The highest BCUT2D eigenvalue weighted by atomic mass is 32.2. The number of aryl methyl sites for hydroxylation is 1. The third-order valence-corrected chi connectivity index (χ3v) is 6.93. The lowest BCUT2D eigenvalue weighted by atomic mass is 10.2. The van der Waals surface area contributed by atoms with E-state index in [0.29, 0.717) is 26.3 Å². The van der Waals surface area contributed by atoms with Gasteiger partial charge in [0.15, 0.2) is 0 Å². The second-order valence-corrected chi connectivity index (χ2v) is 8.88. The smallest absolute Gasteiger partial charge is 0.267 e. The normalized spacial score (nSPS) is 19.8. The first-order valence-electron chi connectivity index (χ1n) is 9.61. The van der Waals surface area contributed by atoms with E-state index in [4.69, 9.17) is 17.2 Å². The van der Waals surface area contributed by atoms with Gasteiger partial charge in [-0.15, -0.1) is 0 Å². The largest absolute Gasteiger partial charge is 0.353 e. The number of hydrogen-bond donors (Lipinski definition) is 0. The topological polar surface area (TPSA) is 61.2 Å². The van der Waals surface area contributed by atoms with E-state index in [1.165, 1.54) is 16.7 Å². The molecule has 0 atom stereocenters. The molecular formula is C20H23N5O2S2. The maximum Gasteiger partial charge on any atom is 0.267 e. The van der Waals surface area contributed by atoms with Gasteiger partial charge in [-0.1, -0.05) is 37.0 Å². The first-order valence-corrected chi connectivity index (χ1v) is 10.8. The molecule has 0 N–H and O–H groups in total. The van der Waals surface area contributed by atoms with Gasteiger partial charge in [0.25, 0.3) is 11.5 Å². The van der Waals surface area contributed by atoms with Crippen LogP contribution in [0.25, 0.3) is 11.7 Å². The zero-order chi connectivity index (χ0) is 20.7. The number of fused-ring (bicyclic) bond motifs is 1. The van der Waals surface area contributed by atoms with Crippen LogP contribution in [-0.4, -0.2) is 69.2 Å². The fourth-order valence-corrected chi connectivity index (χ4v) is 4.78. The van der Waals surface area contributed by atoms with Crippen molar-refractivity contribution in [3.63, 3.8) is 0 Å². The highest BCUT2D eigenvalue weighted by molar-refractivity contribution is 8.26. The van der Waals surface area contributed by atoms with Crippen LogP contribution in [0.4, 0.5) is 5.82 Å². The molecule has 2 aliphatic heterocycles. The Morgan fingerprint density at radius 3 is 2.59 bits per heavy atom. The number of likely N-dealkylation sites (N-methyl/N-ethyl adjacent to an activating group) is 2. The van der Waals surface area contributed by atoms with Crippen LogP contribution in [0.15, 0.2) is 28.0 Å². The van der Waals surface area contributed by atoms with Gasteiger partial charge in [-0.2, -0.15) is 0 Å². The Morgan fingerprint density at radius 1 is 1.24 bits per heavy atom. The molecule has 2 aliphatic rings. The average Bonchev–Trinajstić information content (AvgIpc) is 2.97. The summed E-state index contributed by atoms with van der Waals surface area (Å²) >= 11 is 6.46. The Hall–Kier alpha value is -2.23. The number of piperazine rings is 1. The van der Waals surface area contributed by atoms with E-state index < -0.39 is 0 Å². The zero-order valence-corrected chi connectivity index (χ0v) is 18.3. The van der Waals surface area contributed by atoms with Crippen LogP contribution < -0.4 is 10.5 Å². The number of thioether (sulfide) groups is 1. The first-order chi connectivity index (χ1) is 13.9. The van der Waals surface area contributed by atoms with Crippen LogP contribution in [0, 0.1) is 6.92 Å². The standard InChI is InChI=1S/C20H23N5O2S2/c1-4-23-8-10-24(11-9-23)17-14(12-15-19(27)22(3)20(28)29-15)18(26)25-7-5-6-13(2)16(25)21-17/h5-7,12H,4,8-11H2,1-3H3/b15-12-. The summed E-state index contributed by atoms with van der Waals surface area (Å²) < 4.78 is 2.05. The SMILES string of the molecule is CCN1CCN(c2nc3c(C)cccn3c(=O)c2/C=C2\SC(=S)N(C)C2=O)CC1. The minimum absolute atomic E-state index is 0.173. The quantitative estimate of drug-likeness (QED) is 0.546. The van der Waals surface area contributed by atoms with Gasteiger partial charge in [-0.3, -0.25) is 18.9 Å². The van der Waals surface area contributed by atoms with Crippen molar-refractivity contribution in [3.05, 3.63) is 44.7 Å². The predicted molar refractivity (Wildman–Crippen MR) is 121 cm³/mol. The molecule has 4 heterocycles. The van der Waals surface area contributed by atoms with E-state index in [0.717, 1.165) is 38.3 Å². The van der Waals surface area contributed by atoms with Crippen LogP contribution >= 0.6 is 24.0 Å². The number of anilines is 1. The molecular weight excluding hydrogens is 406 g/mol. The third-order valence-electron chi connectivity index (χ3n) is 5.45. The molecule has 152 valence electrons. The Morgan fingerprint density at radius 2 is 1.97 bits per heavy atom. The molecule has 2 aromatic heterocycles. The molecule has 9 heteroatoms. The van der Waals surface area contributed by atoms with Gasteiger partial charge in [0, 0.05) is 39.4 Å². The van der Waals surface area contributed by atoms with Crippen LogP contribution in [-0.2, 0) is 4.79 Å². The molecule has 0 saturated carbocycles. The van der Waals surface area contributed by atoms with Gasteiger partial charge in [-0.05, 0) is 31.2 Å². The number of aromatic nitrogens is 2. The average molecular weight is 430 g/mol. The van der Waals surface area contributed by atoms with Crippen molar-refractivity contribution in [3.8, 4) is 0 Å². The fraction of sp³-hybridized carbons (Fsp3) is 0.400. The lowest BCUT2D eigenvalue weighted by molar-refractivity contribution is -0.121. The third kappa shape index (κ3) is 3.58. The van der Waals surface area contributed by atoms with E-state index in [2.05, 4.69) is 16.7 Å². The maximum atomic E-state index is 13.4. The monoisotopic (exact) mass is 429 g/mol. The first kappa shape index (κ1) is 20.1. The number of carbonyl (C=O) groups is 1. The number of rotatable bonds is 3. The van der Waals surface area contributed by atoms with Crippen molar-refractivity contribution in [1.29, 1.82) is 0 Å². The summed E-state index contributed by atoms with van der Waals surface area (Å²) in [5, 5.41) is 0. The van der Waals surface area contributed by atoms with Crippen LogP contribution in [0.3, 0.4) is 0 Å². The minimum atomic E-state index is -0.185. The minimum Gasteiger partial charge on any atom is -0.353 e. The molecule has 0 aromatic carbocycles. The summed E-state index contributed by atoms with van der Waals surface area (Å²) in [6.07, 6.45) is 3.38. The summed E-state index contributed by atoms with van der Waals surface area (Å²) in [5.41, 5.74) is 1.84. The maximum absolute atomic E-state index is 13.4. The fourth-order valence-electron chi connectivity index (χ4n) is 3.62. The summed E-state index contributed by atoms with van der Waals surface area (Å²) in [4.78, 5) is 37.2. The summed E-state index contributed by atoms with van der Waals surface area (Å²) in [7, 11) is 1.65. The second kappa shape index (κ2) is 7.89. The van der Waals surface area contributed by atoms with Crippen molar-refractivity contribution < 1.29 is 4.79 Å². The van der Waals surface area contributed by atoms with Crippen LogP contribution in [0.5, 0.6) is 0 Å². The Balaban J connectivity index is 1.88. The molecule has 0 spiro atoms. The molecule has 1 amide bonds. The molecule has 2 aromatic rings. The molecule has 4 rings (SSSR count). The highest BCUT2D eigenvalue weighted by Gasteiger charge is 2.30. The van der Waals surface area contributed by atoms with Gasteiger partial charge < -0.3 is 9.80 Å². The number of hydrogen-bond acceptors (Lipinski definition) is 7. The van der Waals surface area contributed by atoms with Crippen molar-refractivity contribution in [1.82, 2.24) is 19.2 Å². The van der Waals surface area contributed by atoms with E-state index in [1.54, 1.807) is 23.7 Å². The van der Waals surface area contributed by atoms with Crippen molar-refractivity contribution in [2.45, 2.75) is 13.8 Å². The van der Waals surface area contributed by atoms with Gasteiger partial charge >= 0.3 is 0 Å². The molecule has 2 saturated heterocycles. The van der Waals surface area contributed by atoms with Crippen molar-refractivity contribution in [2.75, 3.05) is 44.7 Å². The zero-order valence-electron chi connectivity index (χ0n) is 16.7. The summed E-state index contributed by atoms with van der Waals surface area (Å²) in [6, 6.07) is 3.78. The molecule has 0 bridgehead atoms. The Kier molecular flexibility index (Phi) is 5.46. The van der Waals surface area contributed by atoms with Gasteiger partial charge in [-0.25, -0.2) is 4.98 Å². The highest BCUT2D eigenvalue weighted by Crippen LogP contribution is 2.32. The number of nitrogens with zero attached hydrogens (tertiary/aromatic N) is 5. The van der Waals surface area contributed by atoms with E-state index in [1.807, 2.05) is 19.1 Å². The second-order valence-electron chi connectivity index (χ2n) is 7.20. The molecule has 7 nitrogen and oxygen atoms in total. The molecule has 0 aliphatic carbocycles. The Bertz CT molecular complexity index is 1090. The van der Waals surface area contributed by atoms with Crippen LogP contribution in [0.1, 0.15) is 18.1 Å². The van der Waals surface area contributed by atoms with Crippen molar-refractivity contribution in [2.24, 2.45) is 0 Å². The van der Waals surface area contributed by atoms with E-state index in [-0.39, 0.29) is 11.5 Å². The Labute approximate surface area is 179 Å². The lowest BCUT2D eigenvalue weighted by Gasteiger charge is -2.35. The molecule has 0 radical (unpaired) electrons. The summed E-state index contributed by atoms with van der Waals surface area (Å²) in [6.45, 7) is 8.52. The van der Waals surface area contributed by atoms with Crippen LogP contribution in [0.2, 0.25) is 0 Å². The molecule has 0 unspecified atom stereocenters. The van der Waals surface area contributed by atoms with Gasteiger partial charge in [0.1, 0.15) is 15.8 Å². The number of thiocarbonyl (C=S) groups is 1. The summed E-state index contributed by atoms with van der Waals surface area (Å²) in [5.74, 6) is 0.455. The number of amides is 1. The number of pyridine rings is 1. The predicted octanol–water partition coefficient (Wildman–Crippen LogP) is 1.98. The van der Waals surface area contributed by atoms with Gasteiger partial charge in [0.2, 0.25) is 0 Å². The van der Waals surface area contributed by atoms with E-state index in [9.17, 15) is 9.59 Å². The van der Waals surface area contributed by atoms with Gasteiger partial charge in [0.05, 0.1) is 10.5 Å². The van der Waals surface area contributed by atoms with Crippen molar-refractivity contribution >= 4 is 51.7 Å². The lowest BCUT2D eigenvalue weighted by Crippen LogP contribution is -2.47. The number of carbonyl (C=O) groups excluding carboxylic acids is 1. The molecule has 29 heavy (non-hydrogen) atoms. The van der Waals surface area contributed by atoms with E-state index >= 15 is 0 Å².